The van der Waals surface area contributed by atoms with Gasteiger partial charge in [0, 0.05) is 17.8 Å². The molecule has 0 aliphatic rings. The van der Waals surface area contributed by atoms with Crippen LogP contribution in [0.1, 0.15) is 42.9 Å². The maximum atomic E-state index is 13.7. The van der Waals surface area contributed by atoms with Crippen LogP contribution in [0.4, 0.5) is 5.69 Å². The van der Waals surface area contributed by atoms with Gasteiger partial charge in [0.2, 0.25) is 11.7 Å². The van der Waals surface area contributed by atoms with E-state index in [0.717, 1.165) is 15.8 Å². The molecular formula is C31H26N4O3S. The molecule has 0 saturated heterocycles. The summed E-state index contributed by atoms with van der Waals surface area (Å²) >= 11 is 1.22. The molecule has 0 aliphatic carbocycles. The summed E-state index contributed by atoms with van der Waals surface area (Å²) in [5.41, 5.74) is 9.92. The molecule has 0 saturated carbocycles. The maximum absolute atomic E-state index is 13.7. The first-order chi connectivity index (χ1) is 19.0. The molecule has 2 amide bonds. The number of anilines is 1. The Kier molecular flexibility index (Phi) is 7.86. The molecule has 7 nitrogen and oxygen atoms in total. The minimum absolute atomic E-state index is 0.133. The van der Waals surface area contributed by atoms with Gasteiger partial charge >= 0.3 is 0 Å². The number of benzene rings is 4. The smallest absolute Gasteiger partial charge is 0.252 e. The summed E-state index contributed by atoms with van der Waals surface area (Å²) in [5, 5.41) is 6.06. The van der Waals surface area contributed by atoms with Crippen LogP contribution < -0.4 is 16.4 Å². The molecule has 4 N–H and O–H groups in total. The quantitative estimate of drug-likeness (QED) is 0.222. The molecule has 0 spiro atoms. The third-order valence-corrected chi connectivity index (χ3v) is 7.25. The van der Waals surface area contributed by atoms with Crippen LogP contribution in [0.3, 0.4) is 0 Å². The van der Waals surface area contributed by atoms with Crippen molar-refractivity contribution in [2.24, 2.45) is 5.73 Å². The summed E-state index contributed by atoms with van der Waals surface area (Å²) in [6.07, 6.45) is 0.261. The second-order valence-corrected chi connectivity index (χ2v) is 10.0. The van der Waals surface area contributed by atoms with Gasteiger partial charge in [0.05, 0.1) is 16.6 Å². The average Bonchev–Trinajstić information content (AvgIpc) is 3.40. The predicted molar refractivity (Wildman–Crippen MR) is 154 cm³/mol. The first-order valence-corrected chi connectivity index (χ1v) is 13.3. The lowest BCUT2D eigenvalue weighted by Gasteiger charge is -2.17. The largest absolute Gasteiger partial charge is 0.338 e. The summed E-state index contributed by atoms with van der Waals surface area (Å²) in [7, 11) is 0. The third kappa shape index (κ3) is 6.26. The number of hydrogen-bond donors (Lipinski definition) is 3. The van der Waals surface area contributed by atoms with E-state index in [1.165, 1.54) is 11.3 Å². The molecule has 1 atom stereocenters. The van der Waals surface area contributed by atoms with E-state index in [2.05, 4.69) is 15.6 Å². The number of amides is 2. The molecule has 8 heteroatoms. The number of ketones is 1. The van der Waals surface area contributed by atoms with E-state index in [4.69, 9.17) is 5.73 Å². The van der Waals surface area contributed by atoms with E-state index < -0.39 is 6.04 Å². The van der Waals surface area contributed by atoms with Crippen LogP contribution >= 0.6 is 11.3 Å². The SMILES string of the molecule is NCc1ccc(C(NC(=O)c2ccccc2)C(=O)c2nc3ccc(NC(=O)Cc4ccccc4)cc3s2)cc1. The van der Waals surface area contributed by atoms with Crippen molar-refractivity contribution in [1.29, 1.82) is 0 Å². The molecule has 0 bridgehead atoms. The zero-order chi connectivity index (χ0) is 27.2. The normalized spacial score (nSPS) is 11.6. The molecular weight excluding hydrogens is 508 g/mol. The summed E-state index contributed by atoms with van der Waals surface area (Å²) in [6, 6.07) is 29.9. The number of Topliss-reactive ketones (excluding diaryl/α,β-unsaturated/α-hetero) is 1. The summed E-state index contributed by atoms with van der Waals surface area (Å²) in [5.74, 6) is -0.817. The van der Waals surface area contributed by atoms with Crippen LogP contribution in [0.5, 0.6) is 0 Å². The number of thiazole rings is 1. The zero-order valence-electron chi connectivity index (χ0n) is 21.0. The van der Waals surface area contributed by atoms with Crippen molar-refractivity contribution >= 4 is 44.8 Å². The number of rotatable bonds is 9. The second-order valence-electron chi connectivity index (χ2n) is 8.99. The van der Waals surface area contributed by atoms with Crippen molar-refractivity contribution in [3.05, 3.63) is 130 Å². The third-order valence-electron chi connectivity index (χ3n) is 6.21. The Bertz CT molecular complexity index is 1620. The number of nitrogens with two attached hydrogens (primary N) is 1. The number of nitrogens with one attached hydrogen (secondary N) is 2. The molecule has 0 aliphatic heterocycles. The van der Waals surface area contributed by atoms with Crippen molar-refractivity contribution in [3.8, 4) is 0 Å². The number of aromatic nitrogens is 1. The lowest BCUT2D eigenvalue weighted by molar-refractivity contribution is -0.115. The lowest BCUT2D eigenvalue weighted by Crippen LogP contribution is -2.34. The van der Waals surface area contributed by atoms with Gasteiger partial charge in [0.25, 0.3) is 5.91 Å². The Hall–Kier alpha value is -4.66. The number of fused-ring (bicyclic) bond motifs is 1. The molecule has 194 valence electrons. The molecule has 5 aromatic rings. The van der Waals surface area contributed by atoms with E-state index in [1.54, 1.807) is 54.6 Å². The molecule has 0 fully saturated rings. The van der Waals surface area contributed by atoms with E-state index in [0.29, 0.717) is 28.9 Å². The Labute approximate surface area is 229 Å². The van der Waals surface area contributed by atoms with Crippen LogP contribution in [0.15, 0.2) is 103 Å². The second kappa shape index (κ2) is 11.8. The first kappa shape index (κ1) is 26.0. The van der Waals surface area contributed by atoms with Gasteiger partial charge in [0.15, 0.2) is 5.01 Å². The highest BCUT2D eigenvalue weighted by Gasteiger charge is 2.27. The van der Waals surface area contributed by atoms with Gasteiger partial charge < -0.3 is 16.4 Å². The predicted octanol–water partition coefficient (Wildman–Crippen LogP) is 5.29. The monoisotopic (exact) mass is 534 g/mol. The highest BCUT2D eigenvalue weighted by Crippen LogP contribution is 2.29. The van der Waals surface area contributed by atoms with Crippen LogP contribution in [0.2, 0.25) is 0 Å². The summed E-state index contributed by atoms with van der Waals surface area (Å²) in [4.78, 5) is 43.8. The lowest BCUT2D eigenvalue weighted by atomic mass is 10.0. The van der Waals surface area contributed by atoms with Crippen molar-refractivity contribution < 1.29 is 14.4 Å². The number of carbonyl (C=O) groups excluding carboxylic acids is 3. The summed E-state index contributed by atoms with van der Waals surface area (Å²) < 4.78 is 0.752. The fourth-order valence-electron chi connectivity index (χ4n) is 4.17. The van der Waals surface area contributed by atoms with Crippen molar-refractivity contribution in [2.75, 3.05) is 5.32 Å². The van der Waals surface area contributed by atoms with Crippen molar-refractivity contribution in [1.82, 2.24) is 10.3 Å². The minimum atomic E-state index is -0.935. The van der Waals surface area contributed by atoms with Gasteiger partial charge in [0.1, 0.15) is 6.04 Å². The zero-order valence-corrected chi connectivity index (χ0v) is 21.8. The fraction of sp³-hybridized carbons (Fsp3) is 0.0968. The number of hydrogen-bond acceptors (Lipinski definition) is 6. The topological polar surface area (TPSA) is 114 Å². The molecule has 39 heavy (non-hydrogen) atoms. The molecule has 1 heterocycles. The summed E-state index contributed by atoms with van der Waals surface area (Å²) in [6.45, 7) is 0.372. The Morgan fingerprint density at radius 1 is 0.821 bits per heavy atom. The molecule has 1 unspecified atom stereocenters. The molecule has 1 aromatic heterocycles. The van der Waals surface area contributed by atoms with Crippen molar-refractivity contribution in [2.45, 2.75) is 19.0 Å². The highest BCUT2D eigenvalue weighted by molar-refractivity contribution is 7.20. The van der Waals surface area contributed by atoms with Crippen molar-refractivity contribution in [3.63, 3.8) is 0 Å². The van der Waals surface area contributed by atoms with Gasteiger partial charge in [-0.05, 0) is 47.0 Å². The molecule has 0 radical (unpaired) electrons. The minimum Gasteiger partial charge on any atom is -0.338 e. The van der Waals surface area contributed by atoms with E-state index in [1.807, 2.05) is 48.5 Å². The van der Waals surface area contributed by atoms with E-state index in [9.17, 15) is 14.4 Å². The van der Waals surface area contributed by atoms with Gasteiger partial charge in [-0.1, -0.05) is 72.8 Å². The van der Waals surface area contributed by atoms with Crippen LogP contribution in [-0.4, -0.2) is 22.6 Å². The highest BCUT2D eigenvalue weighted by atomic mass is 32.1. The number of carbonyl (C=O) groups is 3. The van der Waals surface area contributed by atoms with E-state index in [-0.39, 0.29) is 29.0 Å². The average molecular weight is 535 g/mol. The molecule has 5 rings (SSSR count). The Morgan fingerprint density at radius 2 is 1.51 bits per heavy atom. The first-order valence-electron chi connectivity index (χ1n) is 12.4. The van der Waals surface area contributed by atoms with Crippen LogP contribution in [-0.2, 0) is 17.8 Å². The van der Waals surface area contributed by atoms with Gasteiger partial charge in [-0.25, -0.2) is 4.98 Å². The molecule has 4 aromatic carbocycles. The number of nitrogens with zero attached hydrogens (tertiary/aromatic N) is 1. The standard InChI is InChI=1S/C31H26N4O3S/c32-19-21-11-13-22(14-12-21)28(35-30(38)23-9-5-2-6-10-23)29(37)31-34-25-16-15-24(18-26(25)39-31)33-27(36)17-20-7-3-1-4-8-20/h1-16,18,28H,17,19,32H2,(H,33,36)(H,35,38). The van der Waals surface area contributed by atoms with Crippen LogP contribution in [0.25, 0.3) is 10.2 Å². The maximum Gasteiger partial charge on any atom is 0.252 e. The van der Waals surface area contributed by atoms with Gasteiger partial charge in [-0.15, -0.1) is 11.3 Å². The Balaban J connectivity index is 1.39. The Morgan fingerprint density at radius 3 is 2.21 bits per heavy atom. The fourth-order valence-corrected chi connectivity index (χ4v) is 5.14. The van der Waals surface area contributed by atoms with Crippen LogP contribution in [0, 0.1) is 0 Å². The van der Waals surface area contributed by atoms with Gasteiger partial charge in [-0.3, -0.25) is 14.4 Å². The van der Waals surface area contributed by atoms with Gasteiger partial charge in [-0.2, -0.15) is 0 Å². The van der Waals surface area contributed by atoms with E-state index >= 15 is 0 Å².